The first-order chi connectivity index (χ1) is 9.10. The molecule has 4 N–H and O–H groups in total. The van der Waals surface area contributed by atoms with Crippen LogP contribution in [0.2, 0.25) is 0 Å². The van der Waals surface area contributed by atoms with Crippen molar-refractivity contribution in [1.82, 2.24) is 5.32 Å². The van der Waals surface area contributed by atoms with Gasteiger partial charge in [-0.05, 0) is 25.2 Å². The molecule has 0 aromatic rings. The highest BCUT2D eigenvalue weighted by atomic mass is 16.7. The van der Waals surface area contributed by atoms with Gasteiger partial charge in [0.1, 0.15) is 0 Å². The molecule has 0 aliphatic carbocycles. The molecule has 2 aliphatic heterocycles. The van der Waals surface area contributed by atoms with E-state index in [9.17, 15) is 4.79 Å². The van der Waals surface area contributed by atoms with Gasteiger partial charge in [0.05, 0.1) is 18.5 Å². The van der Waals surface area contributed by atoms with Crippen LogP contribution in [0.5, 0.6) is 0 Å². The molecule has 108 valence electrons. The van der Waals surface area contributed by atoms with Gasteiger partial charge in [-0.15, -0.1) is 0 Å². The molecule has 0 aromatic carbocycles. The molecule has 0 bridgehead atoms. The zero-order valence-electron chi connectivity index (χ0n) is 11.3. The maximum Gasteiger partial charge on any atom is 0.215 e. The van der Waals surface area contributed by atoms with Crippen LogP contribution in [0.25, 0.3) is 0 Å². The Morgan fingerprint density at radius 1 is 1.63 bits per heavy atom. The van der Waals surface area contributed by atoms with Gasteiger partial charge in [-0.3, -0.25) is 10.2 Å². The third kappa shape index (κ3) is 3.75. The van der Waals surface area contributed by atoms with Crippen LogP contribution in [0.1, 0.15) is 32.6 Å². The number of nitrogens with two attached hydrogens (primary N) is 1. The van der Waals surface area contributed by atoms with Crippen molar-refractivity contribution in [2.45, 2.75) is 57.1 Å². The van der Waals surface area contributed by atoms with E-state index >= 15 is 0 Å². The van der Waals surface area contributed by atoms with Gasteiger partial charge in [-0.2, -0.15) is 0 Å². The predicted octanol–water partition coefficient (Wildman–Crippen LogP) is 0.400. The minimum Gasteiger partial charge on any atom is -0.371 e. The van der Waals surface area contributed by atoms with Crippen LogP contribution in [0.3, 0.4) is 0 Å². The van der Waals surface area contributed by atoms with Gasteiger partial charge in [0.2, 0.25) is 6.29 Å². The number of carbonyl (C=O) groups excluding carboxylic acids is 1. The molecule has 19 heavy (non-hydrogen) atoms. The number of rotatable bonds is 6. The van der Waals surface area contributed by atoms with Crippen molar-refractivity contribution in [3.8, 4) is 0 Å². The fourth-order valence-electron chi connectivity index (χ4n) is 2.74. The molecular formula is C13H23N3O3. The molecule has 2 rings (SSSR count). The average molecular weight is 269 g/mol. The van der Waals surface area contributed by atoms with Gasteiger partial charge >= 0.3 is 0 Å². The first-order valence-electron chi connectivity index (χ1n) is 6.92. The van der Waals surface area contributed by atoms with Crippen LogP contribution in [-0.2, 0) is 14.3 Å². The van der Waals surface area contributed by atoms with E-state index in [0.717, 1.165) is 25.7 Å². The molecule has 2 fully saturated rings. The van der Waals surface area contributed by atoms with Crippen molar-refractivity contribution in [3.05, 3.63) is 0 Å². The molecule has 0 radical (unpaired) electrons. The molecular weight excluding hydrogens is 246 g/mol. The lowest BCUT2D eigenvalue weighted by molar-refractivity contribution is -0.133. The SMILES string of the molecule is CC1CC(=N)NC1CCCC(N)C1COC(C=O)O1. The lowest BCUT2D eigenvalue weighted by Gasteiger charge is -2.19. The molecule has 6 nitrogen and oxygen atoms in total. The molecule has 2 saturated heterocycles. The maximum atomic E-state index is 10.5. The molecule has 0 saturated carbocycles. The van der Waals surface area contributed by atoms with Crippen molar-refractivity contribution < 1.29 is 14.3 Å². The summed E-state index contributed by atoms with van der Waals surface area (Å²) in [4.78, 5) is 10.5. The van der Waals surface area contributed by atoms with E-state index in [0.29, 0.717) is 30.7 Å². The third-order valence-electron chi connectivity index (χ3n) is 3.95. The van der Waals surface area contributed by atoms with Crippen molar-refractivity contribution in [2.24, 2.45) is 11.7 Å². The van der Waals surface area contributed by atoms with Crippen molar-refractivity contribution >= 4 is 12.1 Å². The zero-order chi connectivity index (χ0) is 13.8. The first kappa shape index (κ1) is 14.4. The Hall–Kier alpha value is -0.980. The standard InChI is InChI=1S/C13H23N3O3/c1-8-5-12(15)16-10(8)4-2-3-9(14)11-7-18-13(6-17)19-11/h6,8-11,13H,2-5,7,14H2,1H3,(H2,15,16). The summed E-state index contributed by atoms with van der Waals surface area (Å²) in [6.07, 6.45) is 3.43. The number of nitrogens with one attached hydrogen (secondary N) is 2. The second-order valence-electron chi connectivity index (χ2n) is 5.52. The normalized spacial score (nSPS) is 36.2. The van der Waals surface area contributed by atoms with Crippen LogP contribution < -0.4 is 11.1 Å². The fraction of sp³-hybridized carbons (Fsp3) is 0.846. The third-order valence-corrected chi connectivity index (χ3v) is 3.95. The molecule has 0 amide bonds. The number of aldehydes is 1. The van der Waals surface area contributed by atoms with Gasteiger partial charge in [-0.1, -0.05) is 6.92 Å². The number of carbonyl (C=O) groups is 1. The first-order valence-corrected chi connectivity index (χ1v) is 6.92. The summed E-state index contributed by atoms with van der Waals surface area (Å²) in [5.74, 6) is 1.16. The molecule has 2 aliphatic rings. The van der Waals surface area contributed by atoms with E-state index in [1.165, 1.54) is 0 Å². The Kier molecular flexibility index (Phi) is 4.90. The van der Waals surface area contributed by atoms with Gasteiger partial charge in [0.25, 0.3) is 0 Å². The van der Waals surface area contributed by atoms with E-state index < -0.39 is 6.29 Å². The van der Waals surface area contributed by atoms with Crippen LogP contribution in [-0.4, -0.2) is 43.2 Å². The minimum atomic E-state index is -0.743. The Morgan fingerprint density at radius 2 is 2.42 bits per heavy atom. The summed E-state index contributed by atoms with van der Waals surface area (Å²) in [6.45, 7) is 2.56. The quantitative estimate of drug-likeness (QED) is 0.606. The van der Waals surface area contributed by atoms with Crippen LogP contribution in [0, 0.1) is 11.3 Å². The monoisotopic (exact) mass is 269 g/mol. The van der Waals surface area contributed by atoms with E-state index in [4.69, 9.17) is 20.6 Å². The van der Waals surface area contributed by atoms with Crippen LogP contribution >= 0.6 is 0 Å². The van der Waals surface area contributed by atoms with Crippen molar-refractivity contribution in [2.75, 3.05) is 6.61 Å². The zero-order valence-corrected chi connectivity index (χ0v) is 11.3. The Labute approximate surface area is 113 Å². The smallest absolute Gasteiger partial charge is 0.215 e. The fourth-order valence-corrected chi connectivity index (χ4v) is 2.74. The Balaban J connectivity index is 1.65. The highest BCUT2D eigenvalue weighted by Gasteiger charge is 2.31. The lowest BCUT2D eigenvalue weighted by Crippen LogP contribution is -2.37. The maximum absolute atomic E-state index is 10.5. The summed E-state index contributed by atoms with van der Waals surface area (Å²) in [6, 6.07) is 0.296. The summed E-state index contributed by atoms with van der Waals surface area (Å²) >= 11 is 0. The molecule has 0 spiro atoms. The largest absolute Gasteiger partial charge is 0.371 e. The van der Waals surface area contributed by atoms with Crippen LogP contribution in [0.15, 0.2) is 0 Å². The Bertz CT molecular complexity index is 337. The Morgan fingerprint density at radius 3 is 3.00 bits per heavy atom. The summed E-state index contributed by atoms with van der Waals surface area (Å²) in [5.41, 5.74) is 6.06. The molecule has 5 atom stereocenters. The number of ether oxygens (including phenoxy) is 2. The average Bonchev–Trinajstić information content (AvgIpc) is 2.96. The second-order valence-corrected chi connectivity index (χ2v) is 5.52. The minimum absolute atomic E-state index is 0.0962. The molecule has 0 aromatic heterocycles. The summed E-state index contributed by atoms with van der Waals surface area (Å²) in [7, 11) is 0. The van der Waals surface area contributed by atoms with Crippen molar-refractivity contribution in [3.63, 3.8) is 0 Å². The topological polar surface area (TPSA) is 97.4 Å². The van der Waals surface area contributed by atoms with Gasteiger partial charge in [0, 0.05) is 18.5 Å². The van der Waals surface area contributed by atoms with Gasteiger partial charge < -0.3 is 20.5 Å². The van der Waals surface area contributed by atoms with E-state index in [2.05, 4.69) is 12.2 Å². The number of amidine groups is 1. The highest BCUT2D eigenvalue weighted by molar-refractivity contribution is 5.81. The number of hydrogen-bond donors (Lipinski definition) is 3. The van der Waals surface area contributed by atoms with Gasteiger partial charge in [-0.25, -0.2) is 0 Å². The summed E-state index contributed by atoms with van der Waals surface area (Å²) in [5, 5.41) is 10.8. The number of hydrogen-bond acceptors (Lipinski definition) is 5. The van der Waals surface area contributed by atoms with Gasteiger partial charge in [0.15, 0.2) is 6.29 Å². The van der Waals surface area contributed by atoms with Crippen molar-refractivity contribution in [1.29, 1.82) is 5.41 Å². The molecule has 2 heterocycles. The predicted molar refractivity (Wildman–Crippen MR) is 70.9 cm³/mol. The lowest BCUT2D eigenvalue weighted by atomic mass is 9.96. The molecule has 6 heteroatoms. The van der Waals surface area contributed by atoms with E-state index in [1.54, 1.807) is 0 Å². The summed E-state index contributed by atoms with van der Waals surface area (Å²) < 4.78 is 10.5. The molecule has 5 unspecified atom stereocenters. The van der Waals surface area contributed by atoms with Crippen LogP contribution in [0.4, 0.5) is 0 Å². The van der Waals surface area contributed by atoms with E-state index in [1.807, 2.05) is 0 Å². The van der Waals surface area contributed by atoms with E-state index in [-0.39, 0.29) is 12.1 Å². The second kappa shape index (κ2) is 6.45. The highest BCUT2D eigenvalue weighted by Crippen LogP contribution is 2.22.